The van der Waals surface area contributed by atoms with Gasteiger partial charge in [-0.25, -0.2) is 0 Å². The van der Waals surface area contributed by atoms with Crippen LogP contribution < -0.4 is 0 Å². The molecule has 0 aliphatic heterocycles. The third kappa shape index (κ3) is 15.8. The molecule has 0 radical (unpaired) electrons. The van der Waals surface area contributed by atoms with Gasteiger partial charge in [-0.15, -0.1) is 0 Å². The fourth-order valence-corrected chi connectivity index (χ4v) is 8.99. The van der Waals surface area contributed by atoms with E-state index in [0.29, 0.717) is 5.41 Å². The summed E-state index contributed by atoms with van der Waals surface area (Å²) in [5.41, 5.74) is 1.63. The second-order valence-electron chi connectivity index (χ2n) is 10.2. The van der Waals surface area contributed by atoms with Crippen LogP contribution in [0.25, 0.3) is 0 Å². The second kappa shape index (κ2) is 14.8. The molecule has 0 saturated carbocycles. The monoisotopic (exact) mass is 439 g/mol. The van der Waals surface area contributed by atoms with Crippen LogP contribution >= 0.6 is 7.05 Å². The van der Waals surface area contributed by atoms with Gasteiger partial charge in [0.15, 0.2) is 0 Å². The van der Waals surface area contributed by atoms with E-state index < -0.39 is 7.05 Å². The van der Waals surface area contributed by atoms with Gasteiger partial charge in [0.25, 0.3) is 0 Å². The van der Waals surface area contributed by atoms with Crippen molar-refractivity contribution in [2.75, 3.05) is 18.5 Å². The van der Waals surface area contributed by atoms with Gasteiger partial charge in [-0.2, -0.15) is 0 Å². The predicted molar refractivity (Wildman–Crippen MR) is 129 cm³/mol. The molecule has 0 bridgehead atoms. The van der Waals surface area contributed by atoms with Gasteiger partial charge >= 0.3 is 0 Å². The molecule has 1 rings (SSSR count). The minimum Gasteiger partial charge on any atom is -0.272 e. The van der Waals surface area contributed by atoms with Crippen LogP contribution in [-0.2, 0) is 21.7 Å². The molecule has 1 aliphatic rings. The number of hydrogen-bond donors (Lipinski definition) is 0. The summed E-state index contributed by atoms with van der Waals surface area (Å²) in [6, 6.07) is 0. The molecule has 0 unspecified atom stereocenters. The van der Waals surface area contributed by atoms with E-state index in [0.717, 1.165) is 24.2 Å². The Morgan fingerprint density at radius 1 is 1.00 bits per heavy atom. The van der Waals surface area contributed by atoms with Gasteiger partial charge in [0.2, 0.25) is 0 Å². The van der Waals surface area contributed by atoms with Crippen LogP contribution in [0.4, 0.5) is 0 Å². The molecule has 0 saturated heterocycles. The van der Waals surface area contributed by atoms with Crippen molar-refractivity contribution in [1.82, 2.24) is 0 Å². The summed E-state index contributed by atoms with van der Waals surface area (Å²) >= 11 is 0. The molecule has 0 atom stereocenters. The van der Waals surface area contributed by atoms with Crippen LogP contribution in [0.15, 0.2) is 53.5 Å². The predicted octanol–water partition coefficient (Wildman–Crippen LogP) is 8.77. The van der Waals surface area contributed by atoms with Crippen molar-refractivity contribution in [3.05, 3.63) is 48.7 Å². The Bertz CT molecular complexity index is 539. The molecule has 0 heterocycles. The topological polar surface area (TPSA) is 12.4 Å². The molecule has 0 amide bonds. The van der Waals surface area contributed by atoms with Crippen molar-refractivity contribution in [3.8, 4) is 0 Å². The van der Waals surface area contributed by atoms with Gasteiger partial charge in [-0.1, -0.05) is 99.3 Å². The van der Waals surface area contributed by atoms with E-state index in [-0.39, 0.29) is 21.7 Å². The smallest absolute Gasteiger partial charge is 0.0425 e. The zero-order valence-corrected chi connectivity index (χ0v) is 22.6. The van der Waals surface area contributed by atoms with E-state index >= 15 is 0 Å². The maximum Gasteiger partial charge on any atom is 0.0425 e. The summed E-state index contributed by atoms with van der Waals surface area (Å²) in [4.78, 5) is 0. The molecule has 0 spiro atoms. The molecular formula is C25H46NPTi. The average Bonchev–Trinajstić information content (AvgIpc) is 2.94. The molecule has 0 fully saturated rings. The zero-order chi connectivity index (χ0) is 21.1. The maximum atomic E-state index is 5.34. The number of hydrogen-bond acceptors (Lipinski definition) is 1. The summed E-state index contributed by atoms with van der Waals surface area (Å²) in [6.07, 6.45) is 17.5. The molecule has 28 heavy (non-hydrogen) atoms. The van der Waals surface area contributed by atoms with Crippen molar-refractivity contribution in [3.63, 3.8) is 0 Å². The molecule has 0 aromatic heterocycles. The Morgan fingerprint density at radius 2 is 1.46 bits per heavy atom. The summed E-state index contributed by atoms with van der Waals surface area (Å²) in [5, 5.41) is 0. The number of nitrogens with zero attached hydrogens (tertiary/aromatic N) is 1. The molecular weight excluding hydrogens is 393 g/mol. The first kappa shape index (κ1) is 30.1. The number of allylic oxidation sites excluding steroid dienone is 6. The standard InChI is InChI=1S/C17H32NP.C8H14.Ti/c1-14(2)11-19(12-15(3)4,13-16(5)6)18-17-9-7-8-10-17;1-5-6-7-8(2,3)4;/h7-9,14-16H,10-13H2,1-6H3;5-7H,1H2,2-4H3;. The van der Waals surface area contributed by atoms with E-state index in [1.54, 1.807) is 6.08 Å². The first-order valence-corrected chi connectivity index (χ1v) is 12.9. The van der Waals surface area contributed by atoms with Crippen molar-refractivity contribution in [2.45, 2.75) is 68.7 Å². The maximum absolute atomic E-state index is 5.34. The Labute approximate surface area is 192 Å². The van der Waals surface area contributed by atoms with Crippen molar-refractivity contribution >= 4 is 7.05 Å². The van der Waals surface area contributed by atoms with E-state index in [1.165, 1.54) is 24.2 Å². The quantitative estimate of drug-likeness (QED) is 0.204. The average molecular weight is 439 g/mol. The molecule has 3 heteroatoms. The SMILES string of the molecule is C=CC=CC(C)(C)C.CC(C)CP(CC(C)C)(CC(C)C)=NC1=CC=CC1.[Ti]. The van der Waals surface area contributed by atoms with Crippen LogP contribution in [0.1, 0.15) is 68.7 Å². The summed E-state index contributed by atoms with van der Waals surface area (Å²) in [7, 11) is -1.20. The van der Waals surface area contributed by atoms with Crippen LogP contribution in [0.2, 0.25) is 0 Å². The van der Waals surface area contributed by atoms with Gasteiger partial charge in [-0.05, 0) is 54.8 Å². The molecule has 1 nitrogen and oxygen atoms in total. The Kier molecular flexibility index (Phi) is 15.9. The molecule has 0 aromatic rings. The van der Waals surface area contributed by atoms with Crippen LogP contribution in [0.3, 0.4) is 0 Å². The van der Waals surface area contributed by atoms with Gasteiger partial charge in [0, 0.05) is 33.8 Å². The fourth-order valence-electron chi connectivity index (χ4n) is 3.52. The summed E-state index contributed by atoms with van der Waals surface area (Å²) < 4.78 is 5.34. The Balaban J connectivity index is 0. The second-order valence-corrected chi connectivity index (χ2v) is 13.7. The number of rotatable bonds is 8. The minimum absolute atomic E-state index is 0. The van der Waals surface area contributed by atoms with Gasteiger partial charge in [-0.3, -0.25) is 4.74 Å². The van der Waals surface area contributed by atoms with Crippen molar-refractivity contribution in [1.29, 1.82) is 0 Å². The third-order valence-corrected chi connectivity index (χ3v) is 8.85. The minimum atomic E-state index is -1.20. The Hall–Kier alpha value is -0.0957. The van der Waals surface area contributed by atoms with E-state index in [1.807, 2.05) is 6.08 Å². The van der Waals surface area contributed by atoms with Crippen LogP contribution in [0.5, 0.6) is 0 Å². The largest absolute Gasteiger partial charge is 0.272 e. The first-order valence-electron chi connectivity index (χ1n) is 10.6. The summed E-state index contributed by atoms with van der Waals surface area (Å²) in [6.45, 7) is 24.2. The van der Waals surface area contributed by atoms with Crippen LogP contribution in [-0.4, -0.2) is 18.5 Å². The van der Waals surface area contributed by atoms with E-state index in [9.17, 15) is 0 Å². The fraction of sp³-hybridized carbons (Fsp3) is 0.680. The molecule has 1 aliphatic carbocycles. The Morgan fingerprint density at radius 3 is 1.71 bits per heavy atom. The van der Waals surface area contributed by atoms with Gasteiger partial charge in [0.05, 0.1) is 0 Å². The van der Waals surface area contributed by atoms with Crippen molar-refractivity contribution in [2.24, 2.45) is 27.9 Å². The van der Waals surface area contributed by atoms with E-state index in [4.69, 9.17) is 4.74 Å². The van der Waals surface area contributed by atoms with Crippen LogP contribution in [0, 0.1) is 23.2 Å². The summed E-state index contributed by atoms with van der Waals surface area (Å²) in [5.74, 6) is 2.26. The van der Waals surface area contributed by atoms with Crippen molar-refractivity contribution < 1.29 is 21.7 Å². The molecule has 0 aromatic carbocycles. The third-order valence-electron chi connectivity index (χ3n) is 3.94. The normalized spacial score (nSPS) is 14.2. The zero-order valence-electron chi connectivity index (χ0n) is 20.1. The molecule has 0 N–H and O–H groups in total. The first-order chi connectivity index (χ1) is 12.4. The molecule has 160 valence electrons. The van der Waals surface area contributed by atoms with Gasteiger partial charge in [0.1, 0.15) is 0 Å². The van der Waals surface area contributed by atoms with E-state index in [2.05, 4.69) is 93.2 Å². The van der Waals surface area contributed by atoms with Gasteiger partial charge < -0.3 is 0 Å².